The van der Waals surface area contributed by atoms with Gasteiger partial charge < -0.3 is 14.8 Å². The molecule has 0 aliphatic carbocycles. The van der Waals surface area contributed by atoms with E-state index in [0.29, 0.717) is 5.70 Å². The highest BCUT2D eigenvalue weighted by molar-refractivity contribution is 6.00. The van der Waals surface area contributed by atoms with Crippen molar-refractivity contribution in [2.45, 2.75) is 33.6 Å². The molecule has 0 amide bonds. The van der Waals surface area contributed by atoms with Crippen molar-refractivity contribution in [3.05, 3.63) is 62.5 Å². The van der Waals surface area contributed by atoms with E-state index in [-0.39, 0.29) is 40.6 Å². The molecule has 1 aromatic carbocycles. The number of nitro groups is 1. The summed E-state index contributed by atoms with van der Waals surface area (Å²) in [7, 11) is -3.04. The van der Waals surface area contributed by atoms with Crippen LogP contribution in [0, 0.1) is 16.0 Å². The van der Waals surface area contributed by atoms with Gasteiger partial charge in [-0.25, -0.2) is 9.59 Å². The Bertz CT molecular complexity index is 966. The predicted molar refractivity (Wildman–Crippen MR) is 102 cm³/mol. The second-order valence-electron chi connectivity index (χ2n) is 6.83. The summed E-state index contributed by atoms with van der Waals surface area (Å²) in [5.74, 6) is -3.20. The number of hydrogen-bond donors (Lipinski definition) is 1. The summed E-state index contributed by atoms with van der Waals surface area (Å²) in [6.07, 6.45) is 0. The van der Waals surface area contributed by atoms with Crippen molar-refractivity contribution < 1.29 is 28.1 Å². The number of benzene rings is 1. The summed E-state index contributed by atoms with van der Waals surface area (Å²) in [6, 6.07) is 5.63. The van der Waals surface area contributed by atoms with Crippen LogP contribution in [0.1, 0.15) is 43.3 Å². The second kappa shape index (κ2) is 8.69. The van der Waals surface area contributed by atoms with Crippen LogP contribution in [0.25, 0.3) is 0 Å². The van der Waals surface area contributed by atoms with Gasteiger partial charge in [0.05, 0.1) is 39.7 Å². The number of rotatable bonds is 6. The monoisotopic (exact) mass is 391 g/mol. The van der Waals surface area contributed by atoms with E-state index in [1.807, 2.05) is 13.8 Å². The number of carbonyl (C=O) groups is 2. The standard InChI is InChI=1S/C20H24N2O6/c1-11(2)10-28-20(24)17-13(4)21-12(3)16(19(23)27-5)18(17)14-8-6-7-9-15(14)22(25)26/h6-9,11,18,21H,10H2,1-5H3/i5D3. The summed E-state index contributed by atoms with van der Waals surface area (Å²) in [4.78, 5) is 36.8. The van der Waals surface area contributed by atoms with Crippen LogP contribution >= 0.6 is 0 Å². The van der Waals surface area contributed by atoms with Gasteiger partial charge >= 0.3 is 11.9 Å². The zero-order valence-corrected chi connectivity index (χ0v) is 16.1. The van der Waals surface area contributed by atoms with Gasteiger partial charge in [0.25, 0.3) is 5.69 Å². The fourth-order valence-corrected chi connectivity index (χ4v) is 3.12. The quantitative estimate of drug-likeness (QED) is 0.451. The third-order valence-electron chi connectivity index (χ3n) is 4.29. The first-order valence-electron chi connectivity index (χ1n) is 10.2. The summed E-state index contributed by atoms with van der Waals surface area (Å²) in [6.45, 7) is 6.85. The highest BCUT2D eigenvalue weighted by Crippen LogP contribution is 2.42. The first-order chi connectivity index (χ1) is 14.3. The highest BCUT2D eigenvalue weighted by Gasteiger charge is 2.40. The maximum absolute atomic E-state index is 13.0. The first kappa shape index (κ1) is 17.0. The van der Waals surface area contributed by atoms with Crippen molar-refractivity contribution in [3.63, 3.8) is 0 Å². The minimum absolute atomic E-state index is 0.0296. The number of nitrogens with zero attached hydrogens (tertiary/aromatic N) is 1. The highest BCUT2D eigenvalue weighted by atomic mass is 16.6. The molecule has 0 spiro atoms. The Balaban J connectivity index is 2.70. The van der Waals surface area contributed by atoms with Crippen LogP contribution in [0.4, 0.5) is 5.69 Å². The first-order valence-corrected chi connectivity index (χ1v) is 8.65. The number of carbonyl (C=O) groups excluding carboxylic acids is 2. The van der Waals surface area contributed by atoms with Gasteiger partial charge in [-0.3, -0.25) is 10.1 Å². The summed E-state index contributed by atoms with van der Waals surface area (Å²) < 4.78 is 31.7. The average Bonchev–Trinajstić information content (AvgIpc) is 2.63. The third-order valence-corrected chi connectivity index (χ3v) is 4.29. The van der Waals surface area contributed by atoms with E-state index in [1.165, 1.54) is 31.2 Å². The lowest BCUT2D eigenvalue weighted by Gasteiger charge is -2.30. The third kappa shape index (κ3) is 4.21. The van der Waals surface area contributed by atoms with Crippen molar-refractivity contribution in [1.82, 2.24) is 5.32 Å². The zero-order chi connectivity index (χ0) is 23.5. The van der Waals surface area contributed by atoms with Crippen LogP contribution in [0.2, 0.25) is 0 Å². The predicted octanol–water partition coefficient (Wildman–Crippen LogP) is 3.20. The Morgan fingerprint density at radius 1 is 1.21 bits per heavy atom. The van der Waals surface area contributed by atoms with Gasteiger partial charge in [0, 0.05) is 23.0 Å². The number of ether oxygens (including phenoxy) is 2. The molecule has 0 saturated carbocycles. The minimum atomic E-state index is -3.04. The SMILES string of the molecule is [2H]C([2H])([2H])OC(=O)C1=C(C)NC(C)=C(C(=O)OCC(C)C)C1c1ccccc1[N+](=O)[O-]. The molecule has 8 nitrogen and oxygen atoms in total. The van der Waals surface area contributed by atoms with Crippen molar-refractivity contribution in [3.8, 4) is 0 Å². The lowest BCUT2D eigenvalue weighted by molar-refractivity contribution is -0.385. The Morgan fingerprint density at radius 2 is 1.82 bits per heavy atom. The molecular formula is C20H24N2O6. The Labute approximate surface area is 167 Å². The van der Waals surface area contributed by atoms with Crippen LogP contribution in [0.15, 0.2) is 46.8 Å². The maximum Gasteiger partial charge on any atom is 0.336 e. The summed E-state index contributed by atoms with van der Waals surface area (Å²) in [5, 5.41) is 14.5. The van der Waals surface area contributed by atoms with E-state index in [2.05, 4.69) is 10.1 Å². The molecule has 0 saturated heterocycles. The molecular weight excluding hydrogens is 364 g/mol. The lowest BCUT2D eigenvalue weighted by Crippen LogP contribution is -2.32. The molecule has 1 unspecified atom stereocenters. The molecule has 0 radical (unpaired) electrons. The molecule has 2 rings (SSSR count). The van der Waals surface area contributed by atoms with Crippen LogP contribution in [-0.4, -0.2) is 30.5 Å². The van der Waals surface area contributed by atoms with Crippen molar-refractivity contribution in [1.29, 1.82) is 0 Å². The number of esters is 2. The van der Waals surface area contributed by atoms with Gasteiger partial charge in [-0.2, -0.15) is 0 Å². The number of dihydropyridines is 1. The van der Waals surface area contributed by atoms with Gasteiger partial charge in [0.15, 0.2) is 0 Å². The number of para-hydroxylation sites is 1. The summed E-state index contributed by atoms with van der Waals surface area (Å²) in [5.41, 5.74) is 0.0192. The normalized spacial score (nSPS) is 18.8. The Hall–Kier alpha value is -3.16. The maximum atomic E-state index is 13.0. The van der Waals surface area contributed by atoms with E-state index < -0.39 is 29.8 Å². The van der Waals surface area contributed by atoms with Crippen molar-refractivity contribution >= 4 is 17.6 Å². The largest absolute Gasteiger partial charge is 0.466 e. The number of hydrogen-bond acceptors (Lipinski definition) is 7. The molecule has 1 aliphatic heterocycles. The molecule has 1 aromatic rings. The molecule has 1 atom stereocenters. The molecule has 28 heavy (non-hydrogen) atoms. The molecule has 0 fully saturated rings. The average molecular weight is 391 g/mol. The topological polar surface area (TPSA) is 108 Å². The number of nitrogens with one attached hydrogen (secondary N) is 1. The molecule has 150 valence electrons. The summed E-state index contributed by atoms with van der Waals surface area (Å²) >= 11 is 0. The van der Waals surface area contributed by atoms with Gasteiger partial charge in [0.1, 0.15) is 0 Å². The molecule has 0 aromatic heterocycles. The molecule has 0 bridgehead atoms. The fraction of sp³-hybridized carbons (Fsp3) is 0.400. The van der Waals surface area contributed by atoms with Gasteiger partial charge in [-0.1, -0.05) is 32.0 Å². The second-order valence-corrected chi connectivity index (χ2v) is 6.83. The number of allylic oxidation sites excluding steroid dienone is 2. The number of methoxy groups -OCH3 is 1. The molecule has 1 aliphatic rings. The van der Waals surface area contributed by atoms with E-state index in [9.17, 15) is 19.7 Å². The van der Waals surface area contributed by atoms with Crippen LogP contribution < -0.4 is 5.32 Å². The van der Waals surface area contributed by atoms with E-state index >= 15 is 0 Å². The molecule has 1 heterocycles. The van der Waals surface area contributed by atoms with Gasteiger partial charge in [-0.05, 0) is 19.8 Å². The van der Waals surface area contributed by atoms with Crippen molar-refractivity contribution in [2.24, 2.45) is 5.92 Å². The van der Waals surface area contributed by atoms with Crippen LogP contribution in [0.5, 0.6) is 0 Å². The Morgan fingerprint density at radius 3 is 2.39 bits per heavy atom. The smallest absolute Gasteiger partial charge is 0.336 e. The number of nitro benzene ring substituents is 1. The van der Waals surface area contributed by atoms with Gasteiger partial charge in [-0.15, -0.1) is 0 Å². The van der Waals surface area contributed by atoms with Crippen LogP contribution in [0.3, 0.4) is 0 Å². The fourth-order valence-electron chi connectivity index (χ4n) is 3.12. The molecule has 1 N–H and O–H groups in total. The Kier molecular flexibility index (Phi) is 5.27. The van der Waals surface area contributed by atoms with Crippen molar-refractivity contribution in [2.75, 3.05) is 13.6 Å². The minimum Gasteiger partial charge on any atom is -0.466 e. The van der Waals surface area contributed by atoms with E-state index in [4.69, 9.17) is 8.85 Å². The van der Waals surface area contributed by atoms with Gasteiger partial charge in [0.2, 0.25) is 0 Å². The van der Waals surface area contributed by atoms with E-state index in [0.717, 1.165) is 0 Å². The zero-order valence-electron chi connectivity index (χ0n) is 19.1. The lowest BCUT2D eigenvalue weighted by atomic mass is 9.79. The van der Waals surface area contributed by atoms with E-state index in [1.54, 1.807) is 6.92 Å². The van der Waals surface area contributed by atoms with Crippen LogP contribution in [-0.2, 0) is 19.1 Å². The molecule has 8 heteroatoms.